The Bertz CT molecular complexity index is 531. The molecule has 1 heterocycles. The number of carbonyl (C=O) groups is 1. The molecule has 1 amide bonds. The molecule has 2 N–H and O–H groups in total. The number of benzene rings is 1. The van der Waals surface area contributed by atoms with E-state index in [1.54, 1.807) is 0 Å². The Kier molecular flexibility index (Phi) is 2.40. The van der Waals surface area contributed by atoms with E-state index >= 15 is 0 Å². The highest BCUT2D eigenvalue weighted by molar-refractivity contribution is 5.89. The summed E-state index contributed by atoms with van der Waals surface area (Å²) >= 11 is 0. The molecule has 0 spiro atoms. The maximum atomic E-state index is 13.3. The van der Waals surface area contributed by atoms with Crippen LogP contribution in [0.4, 0.5) is 8.78 Å². The Hall–Kier alpha value is -2.24. The fraction of sp³-hybridized carbons (Fsp3) is 0. The van der Waals surface area contributed by atoms with Gasteiger partial charge in [-0.25, -0.2) is 13.8 Å². The molecular weight excluding hydrogens is 218 g/mol. The lowest BCUT2D eigenvalue weighted by atomic mass is 10.2. The first kappa shape index (κ1) is 10.3. The van der Waals surface area contributed by atoms with Gasteiger partial charge in [0.1, 0.15) is 17.2 Å². The van der Waals surface area contributed by atoms with Crippen molar-refractivity contribution < 1.29 is 18.0 Å². The third-order valence-electron chi connectivity index (χ3n) is 1.93. The molecule has 82 valence electrons. The SMILES string of the molecule is NC(=O)c1cnc(-c2c(F)cccc2F)o1. The average molecular weight is 224 g/mol. The van der Waals surface area contributed by atoms with Crippen LogP contribution in [-0.2, 0) is 0 Å². The van der Waals surface area contributed by atoms with Crippen LogP contribution in [-0.4, -0.2) is 10.9 Å². The van der Waals surface area contributed by atoms with Crippen LogP contribution in [0.5, 0.6) is 0 Å². The van der Waals surface area contributed by atoms with E-state index in [4.69, 9.17) is 10.2 Å². The zero-order valence-corrected chi connectivity index (χ0v) is 7.91. The molecule has 0 saturated carbocycles. The van der Waals surface area contributed by atoms with Crippen LogP contribution in [0.25, 0.3) is 11.5 Å². The number of oxazole rings is 1. The topological polar surface area (TPSA) is 69.1 Å². The van der Waals surface area contributed by atoms with Gasteiger partial charge in [0.05, 0.1) is 6.20 Å². The van der Waals surface area contributed by atoms with Crippen molar-refractivity contribution in [2.24, 2.45) is 5.73 Å². The maximum Gasteiger partial charge on any atom is 0.286 e. The zero-order valence-electron chi connectivity index (χ0n) is 7.91. The Balaban J connectivity index is 2.54. The summed E-state index contributed by atoms with van der Waals surface area (Å²) in [5.74, 6) is -3.06. The molecule has 0 atom stereocenters. The number of amides is 1. The van der Waals surface area contributed by atoms with Gasteiger partial charge in [0.25, 0.3) is 5.91 Å². The number of carbonyl (C=O) groups excluding carboxylic acids is 1. The average Bonchev–Trinajstić information content (AvgIpc) is 2.66. The first-order valence-corrected chi connectivity index (χ1v) is 4.29. The number of nitrogens with two attached hydrogens (primary N) is 1. The number of hydrogen-bond donors (Lipinski definition) is 1. The Morgan fingerprint density at radius 1 is 1.31 bits per heavy atom. The third-order valence-corrected chi connectivity index (χ3v) is 1.93. The first-order chi connectivity index (χ1) is 7.59. The summed E-state index contributed by atoms with van der Waals surface area (Å²) in [4.78, 5) is 14.3. The van der Waals surface area contributed by atoms with Gasteiger partial charge in [0, 0.05) is 0 Å². The van der Waals surface area contributed by atoms with Gasteiger partial charge in [-0.15, -0.1) is 0 Å². The van der Waals surface area contributed by atoms with Crippen molar-refractivity contribution in [2.45, 2.75) is 0 Å². The number of hydrogen-bond acceptors (Lipinski definition) is 3. The lowest BCUT2D eigenvalue weighted by molar-refractivity contribution is 0.0974. The molecule has 0 fully saturated rings. The number of rotatable bonds is 2. The lowest BCUT2D eigenvalue weighted by Gasteiger charge is -1.98. The van der Waals surface area contributed by atoms with Crippen LogP contribution in [0.15, 0.2) is 28.8 Å². The molecule has 1 aromatic carbocycles. The van der Waals surface area contributed by atoms with Crippen LogP contribution in [0, 0.1) is 11.6 Å². The normalized spacial score (nSPS) is 10.4. The van der Waals surface area contributed by atoms with Crippen molar-refractivity contribution in [1.29, 1.82) is 0 Å². The van der Waals surface area contributed by atoms with Gasteiger partial charge in [-0.05, 0) is 12.1 Å². The van der Waals surface area contributed by atoms with E-state index in [2.05, 4.69) is 4.98 Å². The molecule has 0 aliphatic heterocycles. The van der Waals surface area contributed by atoms with Gasteiger partial charge in [-0.1, -0.05) is 6.07 Å². The lowest BCUT2D eigenvalue weighted by Crippen LogP contribution is -2.09. The van der Waals surface area contributed by atoms with E-state index in [1.807, 2.05) is 0 Å². The molecule has 4 nitrogen and oxygen atoms in total. The quantitative estimate of drug-likeness (QED) is 0.844. The highest BCUT2D eigenvalue weighted by Gasteiger charge is 2.17. The van der Waals surface area contributed by atoms with E-state index < -0.39 is 23.1 Å². The summed E-state index contributed by atoms with van der Waals surface area (Å²) in [5, 5.41) is 0. The second kappa shape index (κ2) is 3.73. The molecule has 2 rings (SSSR count). The summed E-state index contributed by atoms with van der Waals surface area (Å²) in [6, 6.07) is 3.34. The summed E-state index contributed by atoms with van der Waals surface area (Å²) < 4.78 is 31.4. The minimum Gasteiger partial charge on any atom is -0.431 e. The van der Waals surface area contributed by atoms with Crippen molar-refractivity contribution in [3.8, 4) is 11.5 Å². The van der Waals surface area contributed by atoms with Crippen LogP contribution in [0.2, 0.25) is 0 Å². The molecule has 0 unspecified atom stereocenters. The minimum atomic E-state index is -0.851. The summed E-state index contributed by atoms with van der Waals surface area (Å²) in [7, 11) is 0. The minimum absolute atomic E-state index is 0.252. The van der Waals surface area contributed by atoms with Gasteiger partial charge in [-0.2, -0.15) is 0 Å². The molecule has 1 aromatic heterocycles. The Labute approximate surface area is 88.7 Å². The predicted octanol–water partition coefficient (Wildman–Crippen LogP) is 1.72. The molecule has 0 radical (unpaired) electrons. The molecule has 0 saturated heterocycles. The van der Waals surface area contributed by atoms with Gasteiger partial charge in [-0.3, -0.25) is 4.79 Å². The zero-order chi connectivity index (χ0) is 11.7. The van der Waals surface area contributed by atoms with Crippen LogP contribution in [0.1, 0.15) is 10.6 Å². The largest absolute Gasteiger partial charge is 0.431 e. The Morgan fingerprint density at radius 2 is 1.94 bits per heavy atom. The Morgan fingerprint density at radius 3 is 2.44 bits per heavy atom. The highest BCUT2D eigenvalue weighted by Crippen LogP contribution is 2.25. The molecule has 16 heavy (non-hydrogen) atoms. The van der Waals surface area contributed by atoms with Gasteiger partial charge in [0.15, 0.2) is 0 Å². The van der Waals surface area contributed by atoms with Crippen molar-refractivity contribution in [2.75, 3.05) is 0 Å². The van der Waals surface area contributed by atoms with E-state index in [-0.39, 0.29) is 11.7 Å². The highest BCUT2D eigenvalue weighted by atomic mass is 19.1. The second-order valence-corrected chi connectivity index (χ2v) is 2.99. The van der Waals surface area contributed by atoms with Gasteiger partial charge < -0.3 is 10.2 Å². The summed E-state index contributed by atoms with van der Waals surface area (Å²) in [6.07, 6.45) is 1.02. The van der Waals surface area contributed by atoms with Crippen molar-refractivity contribution in [3.05, 3.63) is 41.8 Å². The van der Waals surface area contributed by atoms with E-state index in [1.165, 1.54) is 6.07 Å². The van der Waals surface area contributed by atoms with Crippen molar-refractivity contribution >= 4 is 5.91 Å². The number of primary amides is 1. The van der Waals surface area contributed by atoms with Crippen LogP contribution >= 0.6 is 0 Å². The van der Waals surface area contributed by atoms with Crippen LogP contribution in [0.3, 0.4) is 0 Å². The molecule has 6 heteroatoms. The standard InChI is InChI=1S/C10H6F2N2O2/c11-5-2-1-3-6(12)8(5)10-14-4-7(16-10)9(13)15/h1-4H,(H2,13,15). The van der Waals surface area contributed by atoms with Crippen molar-refractivity contribution in [3.63, 3.8) is 0 Å². The molecule has 0 aliphatic rings. The van der Waals surface area contributed by atoms with E-state index in [0.29, 0.717) is 0 Å². The fourth-order valence-electron chi connectivity index (χ4n) is 1.21. The number of halogens is 2. The molecule has 2 aromatic rings. The summed E-state index contributed by atoms with van der Waals surface area (Å²) in [5.41, 5.74) is 4.50. The van der Waals surface area contributed by atoms with Gasteiger partial charge >= 0.3 is 0 Å². The van der Waals surface area contributed by atoms with Crippen LogP contribution < -0.4 is 5.73 Å². The fourth-order valence-corrected chi connectivity index (χ4v) is 1.21. The maximum absolute atomic E-state index is 13.3. The monoisotopic (exact) mass is 224 g/mol. The smallest absolute Gasteiger partial charge is 0.286 e. The summed E-state index contributed by atoms with van der Waals surface area (Å²) in [6.45, 7) is 0. The number of aromatic nitrogens is 1. The number of nitrogens with zero attached hydrogens (tertiary/aromatic N) is 1. The predicted molar refractivity (Wildman–Crippen MR) is 50.4 cm³/mol. The molecule has 0 aliphatic carbocycles. The molecular formula is C10H6F2N2O2. The first-order valence-electron chi connectivity index (χ1n) is 4.29. The van der Waals surface area contributed by atoms with E-state index in [9.17, 15) is 13.6 Å². The van der Waals surface area contributed by atoms with E-state index in [0.717, 1.165) is 18.3 Å². The molecule has 0 bridgehead atoms. The van der Waals surface area contributed by atoms with Crippen molar-refractivity contribution in [1.82, 2.24) is 4.98 Å². The van der Waals surface area contributed by atoms with Gasteiger partial charge in [0.2, 0.25) is 11.7 Å². The second-order valence-electron chi connectivity index (χ2n) is 2.99. The third kappa shape index (κ3) is 1.65.